The number of benzene rings is 1. The number of ether oxygens (including phenoxy) is 3. The Morgan fingerprint density at radius 1 is 1.10 bits per heavy atom. The van der Waals surface area contributed by atoms with E-state index in [0.717, 1.165) is 38.5 Å². The van der Waals surface area contributed by atoms with Crippen LogP contribution in [-0.2, 0) is 19.0 Å². The Morgan fingerprint density at radius 3 is 2.61 bits per heavy atom. The Balaban J connectivity index is 1.43. The molecule has 1 aromatic carbocycles. The molecule has 1 saturated heterocycles. The lowest BCUT2D eigenvalue weighted by molar-refractivity contribution is -0.157. The van der Waals surface area contributed by atoms with Crippen molar-refractivity contribution in [3.63, 3.8) is 0 Å². The smallest absolute Gasteiger partial charge is 0.338 e. The fourth-order valence-corrected chi connectivity index (χ4v) is 5.53. The second kappa shape index (κ2) is 10.1. The summed E-state index contributed by atoms with van der Waals surface area (Å²) in [5.41, 5.74) is 0.563. The largest absolute Gasteiger partial charge is 0.458 e. The molecule has 1 aromatic rings. The summed E-state index contributed by atoms with van der Waals surface area (Å²) in [6.45, 7) is 3.45. The van der Waals surface area contributed by atoms with Crippen LogP contribution in [0.25, 0.3) is 0 Å². The highest BCUT2D eigenvalue weighted by Crippen LogP contribution is 2.55. The summed E-state index contributed by atoms with van der Waals surface area (Å²) in [5.74, 6) is 0.0907. The van der Waals surface area contributed by atoms with Gasteiger partial charge in [0, 0.05) is 25.2 Å². The van der Waals surface area contributed by atoms with Crippen molar-refractivity contribution in [3.8, 4) is 0 Å². The van der Waals surface area contributed by atoms with Gasteiger partial charge in [-0.1, -0.05) is 50.5 Å². The van der Waals surface area contributed by atoms with Crippen LogP contribution in [0.4, 0.5) is 0 Å². The minimum atomic E-state index is -0.472. The molecule has 0 bridgehead atoms. The second-order valence-corrected chi connectivity index (χ2v) is 9.20. The highest BCUT2D eigenvalue weighted by Gasteiger charge is 2.57. The molecule has 2 saturated carbocycles. The van der Waals surface area contributed by atoms with Gasteiger partial charge in [-0.3, -0.25) is 4.79 Å². The molecule has 0 unspecified atom stereocenters. The summed E-state index contributed by atoms with van der Waals surface area (Å²) in [6, 6.07) is 9.12. The van der Waals surface area contributed by atoms with E-state index < -0.39 is 5.79 Å². The van der Waals surface area contributed by atoms with Crippen molar-refractivity contribution >= 4 is 11.8 Å². The molecule has 1 aliphatic heterocycles. The van der Waals surface area contributed by atoms with Crippen LogP contribution in [0, 0.1) is 17.8 Å². The van der Waals surface area contributed by atoms with E-state index in [9.17, 15) is 9.59 Å². The Bertz CT molecular complexity index is 780. The Morgan fingerprint density at radius 2 is 1.87 bits per heavy atom. The van der Waals surface area contributed by atoms with Crippen LogP contribution in [0.1, 0.15) is 68.6 Å². The molecule has 4 rings (SSSR count). The van der Waals surface area contributed by atoms with E-state index in [1.54, 1.807) is 18.2 Å². The summed E-state index contributed by atoms with van der Waals surface area (Å²) in [4.78, 5) is 25.1. The highest BCUT2D eigenvalue weighted by molar-refractivity contribution is 5.90. The molecule has 0 aromatic heterocycles. The first-order chi connectivity index (χ1) is 15.1. The molecule has 1 heterocycles. The lowest BCUT2D eigenvalue weighted by Gasteiger charge is -2.26. The number of esters is 1. The normalized spacial score (nSPS) is 28.9. The third-order valence-electron chi connectivity index (χ3n) is 7.05. The summed E-state index contributed by atoms with van der Waals surface area (Å²) >= 11 is 0. The van der Waals surface area contributed by atoms with Crippen molar-refractivity contribution in [2.45, 2.75) is 70.2 Å². The van der Waals surface area contributed by atoms with Gasteiger partial charge in [-0.25, -0.2) is 4.79 Å². The number of fused-ring (bicyclic) bond motifs is 1. The maximum absolute atomic E-state index is 12.7. The van der Waals surface area contributed by atoms with Gasteiger partial charge in [0.25, 0.3) is 0 Å². The van der Waals surface area contributed by atoms with Gasteiger partial charge in [-0.15, -0.1) is 0 Å². The van der Waals surface area contributed by atoms with Crippen molar-refractivity contribution in [1.82, 2.24) is 0 Å². The molecule has 168 valence electrons. The molecular weight excluding hydrogens is 392 g/mol. The van der Waals surface area contributed by atoms with Gasteiger partial charge in [-0.2, -0.15) is 0 Å². The van der Waals surface area contributed by atoms with Crippen LogP contribution in [0.3, 0.4) is 0 Å². The molecule has 2 aliphatic carbocycles. The summed E-state index contributed by atoms with van der Waals surface area (Å²) < 4.78 is 17.9. The van der Waals surface area contributed by atoms with E-state index in [2.05, 4.69) is 6.92 Å². The minimum Gasteiger partial charge on any atom is -0.458 e. The zero-order chi connectivity index (χ0) is 21.7. The molecule has 0 amide bonds. The van der Waals surface area contributed by atoms with Gasteiger partial charge in [0.05, 0.1) is 18.8 Å². The predicted octanol–water partition coefficient (Wildman–Crippen LogP) is 5.10. The zero-order valence-electron chi connectivity index (χ0n) is 18.5. The molecule has 0 N–H and O–H groups in total. The molecular formula is C26H34O5. The molecule has 5 heteroatoms. The zero-order valence-corrected chi connectivity index (χ0v) is 18.5. The average Bonchev–Trinajstić information content (AvgIpc) is 3.46. The average molecular weight is 427 g/mol. The van der Waals surface area contributed by atoms with E-state index in [1.807, 2.05) is 24.3 Å². The van der Waals surface area contributed by atoms with E-state index in [0.29, 0.717) is 37.0 Å². The Hall–Kier alpha value is -1.98. The Labute approximate surface area is 185 Å². The number of carbonyl (C=O) groups is 2. The maximum atomic E-state index is 12.7. The fraction of sp³-hybridized carbons (Fsp3) is 0.615. The number of rotatable bonds is 9. The van der Waals surface area contributed by atoms with Gasteiger partial charge < -0.3 is 14.2 Å². The number of hydrogen-bond acceptors (Lipinski definition) is 5. The van der Waals surface area contributed by atoms with Crippen molar-refractivity contribution in [3.05, 3.63) is 48.0 Å². The molecule has 3 fully saturated rings. The maximum Gasteiger partial charge on any atom is 0.338 e. The lowest BCUT2D eigenvalue weighted by atomic mass is 9.90. The number of hydrogen-bond donors (Lipinski definition) is 0. The van der Waals surface area contributed by atoms with Crippen LogP contribution >= 0.6 is 0 Å². The van der Waals surface area contributed by atoms with Gasteiger partial charge in [-0.05, 0) is 42.9 Å². The predicted molar refractivity (Wildman–Crippen MR) is 118 cm³/mol. The highest BCUT2D eigenvalue weighted by atomic mass is 16.7. The first-order valence-electron chi connectivity index (χ1n) is 11.9. The molecule has 0 radical (unpaired) electrons. The third-order valence-corrected chi connectivity index (χ3v) is 7.05. The van der Waals surface area contributed by atoms with Gasteiger partial charge in [0.15, 0.2) is 11.6 Å². The molecule has 4 atom stereocenters. The van der Waals surface area contributed by atoms with Gasteiger partial charge in [0.2, 0.25) is 0 Å². The third kappa shape index (κ3) is 5.27. The number of ketones is 1. The quantitative estimate of drug-likeness (QED) is 0.312. The number of allylic oxidation sites excluding steroid dienone is 1. The number of carbonyl (C=O) groups excluding carboxylic acids is 2. The molecule has 5 nitrogen and oxygen atoms in total. The lowest BCUT2D eigenvalue weighted by Crippen LogP contribution is -2.31. The monoisotopic (exact) mass is 426 g/mol. The van der Waals surface area contributed by atoms with Gasteiger partial charge in [0.1, 0.15) is 6.10 Å². The standard InChI is InChI=1S/C26H34O5/c1-2-3-4-8-11-21(27)12-13-22-23-18-26(29-14-15-30-26)17-20(23)16-24(22)31-25(28)19-9-6-5-7-10-19/h5-7,9-10,12-13,20,22-24H,2-4,8,11,14-18H2,1H3/t20-,22-,23+,24-/m1/s1. The summed E-state index contributed by atoms with van der Waals surface area (Å²) in [6.07, 6.45) is 10.9. The van der Waals surface area contributed by atoms with Crippen molar-refractivity contribution in [2.24, 2.45) is 17.8 Å². The first kappa shape index (κ1) is 22.2. The van der Waals surface area contributed by atoms with Crippen molar-refractivity contribution in [1.29, 1.82) is 0 Å². The first-order valence-corrected chi connectivity index (χ1v) is 11.9. The molecule has 31 heavy (non-hydrogen) atoms. The number of unbranched alkanes of at least 4 members (excludes halogenated alkanes) is 3. The van der Waals surface area contributed by atoms with E-state index in [-0.39, 0.29) is 23.8 Å². The van der Waals surface area contributed by atoms with E-state index in [4.69, 9.17) is 14.2 Å². The second-order valence-electron chi connectivity index (χ2n) is 9.20. The van der Waals surface area contributed by atoms with E-state index >= 15 is 0 Å². The summed E-state index contributed by atoms with van der Waals surface area (Å²) in [7, 11) is 0. The minimum absolute atomic E-state index is 0.0180. The SMILES string of the molecule is CCCCCCC(=O)C=C[C@@H]1[C@H]2CC3(C[C@H]2C[C@H]1OC(=O)c1ccccc1)OCCO3. The van der Waals surface area contributed by atoms with Crippen LogP contribution in [0.2, 0.25) is 0 Å². The van der Waals surface area contributed by atoms with Crippen LogP contribution in [-0.4, -0.2) is 36.9 Å². The van der Waals surface area contributed by atoms with Gasteiger partial charge >= 0.3 is 5.97 Å². The van der Waals surface area contributed by atoms with Crippen LogP contribution in [0.5, 0.6) is 0 Å². The van der Waals surface area contributed by atoms with Crippen molar-refractivity contribution in [2.75, 3.05) is 13.2 Å². The van der Waals surface area contributed by atoms with Crippen LogP contribution < -0.4 is 0 Å². The molecule has 1 spiro atoms. The van der Waals surface area contributed by atoms with E-state index in [1.165, 1.54) is 6.42 Å². The summed E-state index contributed by atoms with van der Waals surface area (Å²) in [5, 5.41) is 0. The Kier molecular flexibility index (Phi) is 7.24. The fourth-order valence-electron chi connectivity index (χ4n) is 5.53. The van der Waals surface area contributed by atoms with Crippen LogP contribution in [0.15, 0.2) is 42.5 Å². The molecule has 3 aliphatic rings. The van der Waals surface area contributed by atoms with Crippen molar-refractivity contribution < 1.29 is 23.8 Å². The topological polar surface area (TPSA) is 61.8 Å².